The molecule has 3 heteroatoms. The number of halogens is 1. The first-order valence-electron chi connectivity index (χ1n) is 7.05. The van der Waals surface area contributed by atoms with Crippen LogP contribution in [-0.4, -0.2) is 12.6 Å². The van der Waals surface area contributed by atoms with Gasteiger partial charge in [0.1, 0.15) is 5.82 Å². The van der Waals surface area contributed by atoms with Crippen LogP contribution in [0, 0.1) is 5.82 Å². The summed E-state index contributed by atoms with van der Waals surface area (Å²) in [6.07, 6.45) is 1.70. The summed E-state index contributed by atoms with van der Waals surface area (Å²) in [6, 6.07) is 13.9. The van der Waals surface area contributed by atoms with Crippen molar-refractivity contribution in [2.24, 2.45) is 5.73 Å². The zero-order valence-corrected chi connectivity index (χ0v) is 11.6. The van der Waals surface area contributed by atoms with Crippen LogP contribution in [0.15, 0.2) is 42.5 Å². The molecule has 1 aliphatic rings. The quantitative estimate of drug-likeness (QED) is 0.926. The van der Waals surface area contributed by atoms with Crippen LogP contribution >= 0.6 is 0 Å². The number of nitrogens with two attached hydrogens (primary N) is 1. The molecule has 2 aromatic rings. The maximum Gasteiger partial charge on any atom is 0.125 e. The fourth-order valence-corrected chi connectivity index (χ4v) is 3.04. The smallest absolute Gasteiger partial charge is 0.125 e. The topological polar surface area (TPSA) is 29.3 Å². The molecule has 20 heavy (non-hydrogen) atoms. The van der Waals surface area contributed by atoms with Gasteiger partial charge >= 0.3 is 0 Å². The van der Waals surface area contributed by atoms with Crippen LogP contribution in [0.1, 0.15) is 18.1 Å². The molecule has 2 nitrogen and oxygen atoms in total. The largest absolute Gasteiger partial charge is 0.338 e. The third kappa shape index (κ3) is 2.29. The second-order valence-electron chi connectivity index (χ2n) is 5.41. The van der Waals surface area contributed by atoms with E-state index in [2.05, 4.69) is 36.1 Å². The molecule has 1 aliphatic heterocycles. The van der Waals surface area contributed by atoms with Crippen LogP contribution < -0.4 is 10.6 Å². The minimum Gasteiger partial charge on any atom is -0.338 e. The Morgan fingerprint density at radius 2 is 2.05 bits per heavy atom. The van der Waals surface area contributed by atoms with Crippen LogP contribution in [0.4, 0.5) is 15.8 Å². The number of nitrogens with zero attached hydrogens (tertiary/aromatic N) is 1. The van der Waals surface area contributed by atoms with Crippen molar-refractivity contribution in [1.29, 1.82) is 0 Å². The normalized spacial score (nSPS) is 17.4. The molecular weight excluding hydrogens is 251 g/mol. The lowest BCUT2D eigenvalue weighted by molar-refractivity contribution is 0.624. The molecule has 0 aliphatic carbocycles. The lowest BCUT2D eigenvalue weighted by Crippen LogP contribution is -2.24. The number of fused-ring (bicyclic) bond motifs is 1. The molecular formula is C17H19FN2. The molecule has 0 bridgehead atoms. The van der Waals surface area contributed by atoms with Gasteiger partial charge in [-0.2, -0.15) is 0 Å². The van der Waals surface area contributed by atoms with E-state index in [0.29, 0.717) is 19.0 Å². The van der Waals surface area contributed by atoms with Gasteiger partial charge < -0.3 is 10.6 Å². The van der Waals surface area contributed by atoms with Gasteiger partial charge in [-0.15, -0.1) is 0 Å². The van der Waals surface area contributed by atoms with Gasteiger partial charge in [0.25, 0.3) is 0 Å². The second-order valence-corrected chi connectivity index (χ2v) is 5.41. The first-order valence-corrected chi connectivity index (χ1v) is 7.05. The number of hydrogen-bond donors (Lipinski definition) is 1. The van der Waals surface area contributed by atoms with E-state index >= 15 is 0 Å². The summed E-state index contributed by atoms with van der Waals surface area (Å²) in [4.78, 5) is 2.22. The monoisotopic (exact) mass is 270 g/mol. The van der Waals surface area contributed by atoms with Gasteiger partial charge in [0, 0.05) is 17.4 Å². The summed E-state index contributed by atoms with van der Waals surface area (Å²) in [6.45, 7) is 2.71. The fraction of sp³-hybridized carbons (Fsp3) is 0.294. The predicted octanol–water partition coefficient (Wildman–Crippen LogP) is 3.41. The SMILES string of the molecule is CC1Cc2ccccc2N1c1cc(F)cc(CCN)c1. The predicted molar refractivity (Wildman–Crippen MR) is 80.9 cm³/mol. The molecule has 104 valence electrons. The Bertz CT molecular complexity index is 624. The van der Waals surface area contributed by atoms with Gasteiger partial charge in [-0.05, 0) is 61.7 Å². The lowest BCUT2D eigenvalue weighted by atomic mass is 10.1. The maximum atomic E-state index is 13.8. The van der Waals surface area contributed by atoms with Gasteiger partial charge in [-0.3, -0.25) is 0 Å². The van der Waals surface area contributed by atoms with Crippen LogP contribution in [0.25, 0.3) is 0 Å². The van der Waals surface area contributed by atoms with Gasteiger partial charge in [0.2, 0.25) is 0 Å². The van der Waals surface area contributed by atoms with Crippen molar-refractivity contribution >= 4 is 11.4 Å². The van der Waals surface area contributed by atoms with Crippen molar-refractivity contribution < 1.29 is 4.39 Å². The van der Waals surface area contributed by atoms with Crippen LogP contribution in [0.3, 0.4) is 0 Å². The number of rotatable bonds is 3. The van der Waals surface area contributed by atoms with Gasteiger partial charge in [0.15, 0.2) is 0 Å². The van der Waals surface area contributed by atoms with Crippen molar-refractivity contribution in [2.75, 3.05) is 11.4 Å². The van der Waals surface area contributed by atoms with Crippen LogP contribution in [-0.2, 0) is 12.8 Å². The molecule has 0 radical (unpaired) electrons. The van der Waals surface area contributed by atoms with Crippen molar-refractivity contribution in [1.82, 2.24) is 0 Å². The van der Waals surface area contributed by atoms with Crippen molar-refractivity contribution in [3.63, 3.8) is 0 Å². The summed E-state index contributed by atoms with van der Waals surface area (Å²) in [7, 11) is 0. The minimum absolute atomic E-state index is 0.192. The Kier molecular flexibility index (Phi) is 3.45. The summed E-state index contributed by atoms with van der Waals surface area (Å²) in [5.41, 5.74) is 9.97. The summed E-state index contributed by atoms with van der Waals surface area (Å²) >= 11 is 0. The second kappa shape index (κ2) is 5.25. The molecule has 0 fully saturated rings. The Morgan fingerprint density at radius 1 is 1.25 bits per heavy atom. The van der Waals surface area contributed by atoms with E-state index in [1.165, 1.54) is 11.3 Å². The first kappa shape index (κ1) is 13.1. The third-order valence-electron chi connectivity index (χ3n) is 3.86. The van der Waals surface area contributed by atoms with Gasteiger partial charge in [-0.25, -0.2) is 4.39 Å². The Labute approximate surface area is 119 Å². The molecule has 2 N–H and O–H groups in total. The van der Waals surface area contributed by atoms with E-state index in [1.54, 1.807) is 12.1 Å². The van der Waals surface area contributed by atoms with E-state index in [9.17, 15) is 4.39 Å². The summed E-state index contributed by atoms with van der Waals surface area (Å²) < 4.78 is 13.8. The molecule has 0 amide bonds. The molecule has 0 saturated heterocycles. The summed E-state index contributed by atoms with van der Waals surface area (Å²) in [5.74, 6) is -0.192. The zero-order valence-electron chi connectivity index (χ0n) is 11.6. The van der Waals surface area contributed by atoms with E-state index in [1.807, 2.05) is 6.07 Å². The van der Waals surface area contributed by atoms with Crippen molar-refractivity contribution in [2.45, 2.75) is 25.8 Å². The number of hydrogen-bond acceptors (Lipinski definition) is 2. The summed E-state index contributed by atoms with van der Waals surface area (Å²) in [5, 5.41) is 0. The highest BCUT2D eigenvalue weighted by atomic mass is 19.1. The van der Waals surface area contributed by atoms with Crippen LogP contribution in [0.2, 0.25) is 0 Å². The Morgan fingerprint density at radius 3 is 2.85 bits per heavy atom. The fourth-order valence-electron chi connectivity index (χ4n) is 3.04. The molecule has 2 aromatic carbocycles. The average molecular weight is 270 g/mol. The Hall–Kier alpha value is -1.87. The molecule has 0 spiro atoms. The molecule has 1 atom stereocenters. The van der Waals surface area contributed by atoms with E-state index in [0.717, 1.165) is 17.7 Å². The molecule has 0 aromatic heterocycles. The molecule has 1 heterocycles. The standard InChI is InChI=1S/C17H19FN2/c1-12-8-14-4-2-3-5-17(14)20(12)16-10-13(6-7-19)9-15(18)11-16/h2-5,9-12H,6-8,19H2,1H3. The van der Waals surface area contributed by atoms with Gasteiger partial charge in [-0.1, -0.05) is 18.2 Å². The highest BCUT2D eigenvalue weighted by molar-refractivity contribution is 5.71. The van der Waals surface area contributed by atoms with E-state index in [4.69, 9.17) is 5.73 Å². The zero-order chi connectivity index (χ0) is 14.1. The van der Waals surface area contributed by atoms with Crippen LogP contribution in [0.5, 0.6) is 0 Å². The number of para-hydroxylation sites is 1. The maximum absolute atomic E-state index is 13.8. The number of anilines is 2. The molecule has 1 unspecified atom stereocenters. The van der Waals surface area contributed by atoms with Crippen molar-refractivity contribution in [3.05, 3.63) is 59.4 Å². The highest BCUT2D eigenvalue weighted by Crippen LogP contribution is 2.38. The highest BCUT2D eigenvalue weighted by Gasteiger charge is 2.27. The Balaban J connectivity index is 2.04. The molecule has 3 rings (SSSR count). The average Bonchev–Trinajstić information content (AvgIpc) is 2.74. The third-order valence-corrected chi connectivity index (χ3v) is 3.86. The first-order chi connectivity index (χ1) is 9.69. The van der Waals surface area contributed by atoms with Crippen molar-refractivity contribution in [3.8, 4) is 0 Å². The number of benzene rings is 2. The molecule has 0 saturated carbocycles. The van der Waals surface area contributed by atoms with E-state index in [-0.39, 0.29) is 5.82 Å². The minimum atomic E-state index is -0.192. The van der Waals surface area contributed by atoms with E-state index < -0.39 is 0 Å². The van der Waals surface area contributed by atoms with Gasteiger partial charge in [0.05, 0.1) is 0 Å². The lowest BCUT2D eigenvalue weighted by Gasteiger charge is -2.25.